The molecule has 0 aromatic carbocycles. The van der Waals surface area contributed by atoms with E-state index >= 15 is 0 Å². The zero-order valence-electron chi connectivity index (χ0n) is 13.5. The van der Waals surface area contributed by atoms with Crippen LogP contribution in [0.4, 0.5) is 0 Å². The standard InChI is InChI=1S/C16H30N4/c1-5-19-9-7-6-8-14(10-17-4)16(19)15-11-18-12-20(15)13(2)3/h11-14,16-17H,5-10H2,1-4H3. The molecule has 1 aromatic heterocycles. The van der Waals surface area contributed by atoms with Gasteiger partial charge in [0.1, 0.15) is 0 Å². The van der Waals surface area contributed by atoms with E-state index in [1.165, 1.54) is 31.5 Å². The number of nitrogens with zero attached hydrogens (tertiary/aromatic N) is 3. The zero-order chi connectivity index (χ0) is 14.5. The minimum absolute atomic E-state index is 0.477. The van der Waals surface area contributed by atoms with E-state index in [1.807, 2.05) is 6.33 Å². The third-order valence-electron chi connectivity index (χ3n) is 4.54. The summed E-state index contributed by atoms with van der Waals surface area (Å²) in [4.78, 5) is 7.07. The van der Waals surface area contributed by atoms with Crippen LogP contribution in [0.25, 0.3) is 0 Å². The van der Waals surface area contributed by atoms with E-state index in [0.29, 0.717) is 18.0 Å². The second-order valence-corrected chi connectivity index (χ2v) is 6.21. The Morgan fingerprint density at radius 3 is 2.85 bits per heavy atom. The van der Waals surface area contributed by atoms with Gasteiger partial charge in [-0.05, 0) is 59.3 Å². The van der Waals surface area contributed by atoms with Gasteiger partial charge in [0.15, 0.2) is 0 Å². The van der Waals surface area contributed by atoms with Crippen LogP contribution >= 0.6 is 0 Å². The van der Waals surface area contributed by atoms with Crippen LogP contribution in [-0.2, 0) is 0 Å². The summed E-state index contributed by atoms with van der Waals surface area (Å²) in [6.45, 7) is 10.2. The Bertz CT molecular complexity index is 399. The number of likely N-dealkylation sites (tertiary alicyclic amines) is 1. The molecule has 1 aliphatic rings. The van der Waals surface area contributed by atoms with E-state index in [4.69, 9.17) is 0 Å². The highest BCUT2D eigenvalue weighted by Gasteiger charge is 2.32. The summed E-state index contributed by atoms with van der Waals surface area (Å²) in [5, 5.41) is 3.39. The molecular weight excluding hydrogens is 248 g/mol. The Hall–Kier alpha value is -0.870. The summed E-state index contributed by atoms with van der Waals surface area (Å²) < 4.78 is 2.35. The van der Waals surface area contributed by atoms with Gasteiger partial charge < -0.3 is 9.88 Å². The van der Waals surface area contributed by atoms with Crippen LogP contribution in [0.5, 0.6) is 0 Å². The van der Waals surface area contributed by atoms with Crippen LogP contribution in [0.1, 0.15) is 57.8 Å². The number of rotatable bonds is 5. The zero-order valence-corrected chi connectivity index (χ0v) is 13.5. The minimum atomic E-state index is 0.477. The fourth-order valence-electron chi connectivity index (χ4n) is 3.55. The maximum absolute atomic E-state index is 4.43. The highest BCUT2D eigenvalue weighted by atomic mass is 15.2. The lowest BCUT2D eigenvalue weighted by Gasteiger charge is -2.35. The van der Waals surface area contributed by atoms with Gasteiger partial charge in [0, 0.05) is 12.2 Å². The first kappa shape index (κ1) is 15.5. The van der Waals surface area contributed by atoms with Crippen LogP contribution in [0.15, 0.2) is 12.5 Å². The second kappa shape index (κ2) is 7.23. The molecule has 0 radical (unpaired) electrons. The van der Waals surface area contributed by atoms with Gasteiger partial charge in [-0.3, -0.25) is 4.90 Å². The van der Waals surface area contributed by atoms with Crippen LogP contribution in [0, 0.1) is 5.92 Å². The highest BCUT2D eigenvalue weighted by Crippen LogP contribution is 2.35. The minimum Gasteiger partial charge on any atom is -0.331 e. The van der Waals surface area contributed by atoms with E-state index in [-0.39, 0.29) is 0 Å². The van der Waals surface area contributed by atoms with Crippen molar-refractivity contribution in [1.82, 2.24) is 19.8 Å². The van der Waals surface area contributed by atoms with Crippen LogP contribution < -0.4 is 5.32 Å². The third kappa shape index (κ3) is 3.23. The van der Waals surface area contributed by atoms with Crippen molar-refractivity contribution in [1.29, 1.82) is 0 Å². The van der Waals surface area contributed by atoms with E-state index in [1.54, 1.807) is 0 Å². The Morgan fingerprint density at radius 2 is 2.20 bits per heavy atom. The molecule has 114 valence electrons. The summed E-state index contributed by atoms with van der Waals surface area (Å²) in [5.41, 5.74) is 1.39. The van der Waals surface area contributed by atoms with Crippen molar-refractivity contribution in [3.8, 4) is 0 Å². The Kier molecular flexibility index (Phi) is 5.61. The molecule has 1 saturated heterocycles. The summed E-state index contributed by atoms with van der Waals surface area (Å²) in [6, 6.07) is 0.976. The molecule has 4 nitrogen and oxygen atoms in total. The lowest BCUT2D eigenvalue weighted by Crippen LogP contribution is -2.37. The Balaban J connectivity index is 2.35. The first-order chi connectivity index (χ1) is 9.69. The fraction of sp³-hybridized carbons (Fsp3) is 0.812. The molecule has 0 amide bonds. The smallest absolute Gasteiger partial charge is 0.0951 e. The molecule has 2 unspecified atom stereocenters. The van der Waals surface area contributed by atoms with Gasteiger partial charge in [-0.25, -0.2) is 4.98 Å². The van der Waals surface area contributed by atoms with E-state index in [9.17, 15) is 0 Å². The molecular formula is C16H30N4. The fourth-order valence-corrected chi connectivity index (χ4v) is 3.55. The van der Waals surface area contributed by atoms with Crippen molar-refractivity contribution >= 4 is 0 Å². The molecule has 2 rings (SSSR count). The van der Waals surface area contributed by atoms with Crippen LogP contribution in [-0.4, -0.2) is 41.1 Å². The third-order valence-corrected chi connectivity index (χ3v) is 4.54. The van der Waals surface area contributed by atoms with Gasteiger partial charge in [0.25, 0.3) is 0 Å². The number of nitrogens with one attached hydrogen (secondary N) is 1. The van der Waals surface area contributed by atoms with Crippen molar-refractivity contribution in [2.45, 2.75) is 52.1 Å². The van der Waals surface area contributed by atoms with Crippen molar-refractivity contribution in [3.63, 3.8) is 0 Å². The normalized spacial score (nSPS) is 25.1. The van der Waals surface area contributed by atoms with Crippen molar-refractivity contribution in [2.24, 2.45) is 5.92 Å². The first-order valence-electron chi connectivity index (χ1n) is 8.09. The van der Waals surface area contributed by atoms with Crippen molar-refractivity contribution in [3.05, 3.63) is 18.2 Å². The number of imidazole rings is 1. The number of hydrogen-bond acceptors (Lipinski definition) is 3. The molecule has 2 heterocycles. The average molecular weight is 278 g/mol. The highest BCUT2D eigenvalue weighted by molar-refractivity contribution is 5.10. The molecule has 1 N–H and O–H groups in total. The lowest BCUT2D eigenvalue weighted by atomic mass is 9.92. The Labute approximate surface area is 123 Å². The molecule has 4 heteroatoms. The number of hydrogen-bond donors (Lipinski definition) is 1. The SMILES string of the molecule is CCN1CCCCC(CNC)C1c1cncn1C(C)C. The quantitative estimate of drug-likeness (QED) is 0.899. The maximum Gasteiger partial charge on any atom is 0.0951 e. The van der Waals surface area contributed by atoms with Crippen molar-refractivity contribution in [2.75, 3.05) is 26.7 Å². The predicted molar refractivity (Wildman–Crippen MR) is 83.9 cm³/mol. The van der Waals surface area contributed by atoms with E-state index in [2.05, 4.69) is 53.8 Å². The summed E-state index contributed by atoms with van der Waals surface area (Å²) in [7, 11) is 2.07. The molecule has 0 spiro atoms. The van der Waals surface area contributed by atoms with Gasteiger partial charge in [-0.15, -0.1) is 0 Å². The average Bonchev–Trinajstić information content (AvgIpc) is 2.82. The maximum atomic E-state index is 4.43. The largest absolute Gasteiger partial charge is 0.331 e. The molecule has 1 fully saturated rings. The van der Waals surface area contributed by atoms with Gasteiger partial charge in [0.2, 0.25) is 0 Å². The molecule has 1 aliphatic heterocycles. The van der Waals surface area contributed by atoms with Crippen molar-refractivity contribution < 1.29 is 0 Å². The summed E-state index contributed by atoms with van der Waals surface area (Å²) >= 11 is 0. The van der Waals surface area contributed by atoms with Gasteiger partial charge in [0.05, 0.1) is 18.1 Å². The van der Waals surface area contributed by atoms with Crippen LogP contribution in [0.3, 0.4) is 0 Å². The van der Waals surface area contributed by atoms with Crippen LogP contribution in [0.2, 0.25) is 0 Å². The first-order valence-corrected chi connectivity index (χ1v) is 8.09. The predicted octanol–water partition coefficient (Wildman–Crippen LogP) is 2.85. The molecule has 0 bridgehead atoms. The van der Waals surface area contributed by atoms with E-state index < -0.39 is 0 Å². The molecule has 20 heavy (non-hydrogen) atoms. The molecule has 1 aromatic rings. The molecule has 0 aliphatic carbocycles. The molecule has 0 saturated carbocycles. The molecule has 2 atom stereocenters. The van der Waals surface area contributed by atoms with Gasteiger partial charge in [-0.1, -0.05) is 13.3 Å². The summed E-state index contributed by atoms with van der Waals surface area (Å²) in [5.74, 6) is 0.677. The van der Waals surface area contributed by atoms with Gasteiger partial charge >= 0.3 is 0 Å². The monoisotopic (exact) mass is 278 g/mol. The van der Waals surface area contributed by atoms with Gasteiger partial charge in [-0.2, -0.15) is 0 Å². The van der Waals surface area contributed by atoms with E-state index in [0.717, 1.165) is 13.1 Å². The topological polar surface area (TPSA) is 33.1 Å². The Morgan fingerprint density at radius 1 is 1.40 bits per heavy atom. The number of aromatic nitrogens is 2. The lowest BCUT2D eigenvalue weighted by molar-refractivity contribution is 0.153. The second-order valence-electron chi connectivity index (χ2n) is 6.21. The summed E-state index contributed by atoms with van der Waals surface area (Å²) in [6.07, 6.45) is 8.05.